The molecule has 2 aromatic heterocycles. The van der Waals surface area contributed by atoms with E-state index in [4.69, 9.17) is 17.2 Å². The number of nitrogens with zero attached hydrogens (tertiary/aromatic N) is 5. The Labute approximate surface area is 290 Å². The molecule has 5 aromatic rings. The lowest BCUT2D eigenvalue weighted by Crippen LogP contribution is -2.58. The van der Waals surface area contributed by atoms with Crippen LogP contribution in [-0.4, -0.2) is 72.5 Å². The molecule has 3 aromatic carbocycles. The molecule has 0 aliphatic carbocycles. The third-order valence-corrected chi connectivity index (χ3v) is 11.7. The van der Waals surface area contributed by atoms with Gasteiger partial charge in [0.1, 0.15) is 46.8 Å². The van der Waals surface area contributed by atoms with Crippen molar-refractivity contribution in [3.05, 3.63) is 66.4 Å². The Balaban J connectivity index is 1.23. The Bertz CT molecular complexity index is 1900. The number of aromatic nitrogens is 3. The second kappa shape index (κ2) is 13.0. The third-order valence-electron chi connectivity index (χ3n) is 9.36. The maximum Gasteiger partial charge on any atom is 0.231 e. The number of anilines is 5. The predicted molar refractivity (Wildman–Crippen MR) is 204 cm³/mol. The number of halogens is 1. The monoisotopic (exact) mass is 767 g/mol. The summed E-state index contributed by atoms with van der Waals surface area (Å²) in [5.74, 6) is 1.97. The van der Waals surface area contributed by atoms with E-state index in [0.29, 0.717) is 11.4 Å². The summed E-state index contributed by atoms with van der Waals surface area (Å²) in [7, 11) is 3.54. The Kier molecular flexibility index (Phi) is 8.97. The van der Waals surface area contributed by atoms with Crippen LogP contribution in [0, 0.1) is 12.3 Å². The first-order chi connectivity index (χ1) is 22.3. The van der Waals surface area contributed by atoms with Crippen molar-refractivity contribution in [2.75, 3.05) is 69.2 Å². The van der Waals surface area contributed by atoms with Gasteiger partial charge < -0.3 is 25.2 Å². The summed E-state index contributed by atoms with van der Waals surface area (Å²) < 4.78 is 13.2. The number of likely N-dealkylation sites (tertiary alicyclic amines) is 1. The van der Waals surface area contributed by atoms with E-state index >= 15 is 0 Å². The van der Waals surface area contributed by atoms with E-state index in [0.717, 1.165) is 47.1 Å². The molecule has 4 heterocycles. The molecule has 0 atom stereocenters. The van der Waals surface area contributed by atoms with Crippen molar-refractivity contribution in [2.45, 2.75) is 19.8 Å². The fourth-order valence-electron chi connectivity index (χ4n) is 7.24. The lowest BCUT2D eigenvalue weighted by Gasteiger charge is -2.53. The van der Waals surface area contributed by atoms with Crippen molar-refractivity contribution in [1.82, 2.24) is 18.8 Å². The molecular weight excluding hydrogens is 728 g/mol. The molecule has 0 saturated carbocycles. The number of piperidine rings is 1. The molecule has 2 fully saturated rings. The first kappa shape index (κ1) is 31.8. The van der Waals surface area contributed by atoms with Crippen molar-refractivity contribution in [3.63, 3.8) is 0 Å². The van der Waals surface area contributed by atoms with Gasteiger partial charge in [0.25, 0.3) is 0 Å². The molecule has 9 nitrogen and oxygen atoms in total. The average Bonchev–Trinajstić information content (AvgIpc) is 3.43. The summed E-state index contributed by atoms with van der Waals surface area (Å²) in [6.07, 6.45) is 4.42. The highest BCUT2D eigenvalue weighted by molar-refractivity contribution is 14.1. The summed E-state index contributed by atoms with van der Waals surface area (Å²) in [6, 6.07) is 19.2. The summed E-state index contributed by atoms with van der Waals surface area (Å²) >= 11 is 3.10. The predicted octanol–water partition coefficient (Wildman–Crippen LogP) is 8.07. The van der Waals surface area contributed by atoms with Crippen LogP contribution < -0.4 is 25.6 Å². The number of nitrogens with one attached hydrogen (secondary N) is 2. The Morgan fingerprint density at radius 1 is 0.957 bits per heavy atom. The maximum absolute atomic E-state index is 5.94. The zero-order chi connectivity index (χ0) is 32.0. The summed E-state index contributed by atoms with van der Waals surface area (Å²) in [4.78, 5) is 14.9. The third kappa shape index (κ3) is 6.01. The fourth-order valence-corrected chi connectivity index (χ4v) is 9.44. The van der Waals surface area contributed by atoms with Gasteiger partial charge in [-0.1, -0.05) is 38.3 Å². The molecule has 2 aliphatic rings. The number of aryl methyl sites for hydroxylation is 1. The summed E-state index contributed by atoms with van der Waals surface area (Å²) in [5, 5.41) is 11.9. The smallest absolute Gasteiger partial charge is 0.231 e. The highest BCUT2D eigenvalue weighted by atomic mass is 127. The van der Waals surface area contributed by atoms with Crippen molar-refractivity contribution in [3.8, 4) is 5.75 Å². The Hall–Kier alpha value is -2.83. The van der Waals surface area contributed by atoms with Gasteiger partial charge >= 0.3 is 0 Å². The number of benzene rings is 3. The fraction of sp³-hybridized carbons (Fsp3) is 0.353. The van der Waals surface area contributed by atoms with E-state index in [1.165, 1.54) is 65.5 Å². The van der Waals surface area contributed by atoms with Gasteiger partial charge in [-0.3, -0.25) is 3.97 Å². The highest BCUT2D eigenvalue weighted by Crippen LogP contribution is 2.43. The molecular formula is C34H39IN7O2PS. The number of hydrogen-bond acceptors (Lipinski definition) is 9. The van der Waals surface area contributed by atoms with Gasteiger partial charge in [0.15, 0.2) is 5.65 Å². The molecule has 2 aliphatic heterocycles. The first-order valence-electron chi connectivity index (χ1n) is 15.5. The van der Waals surface area contributed by atoms with Crippen molar-refractivity contribution < 1.29 is 7.25 Å². The van der Waals surface area contributed by atoms with E-state index in [1.54, 1.807) is 7.11 Å². The largest absolute Gasteiger partial charge is 0.494 e. The second-order valence-electron chi connectivity index (χ2n) is 12.7. The molecule has 240 valence electrons. The number of fused-ring (bicyclic) bond motifs is 2. The summed E-state index contributed by atoms with van der Waals surface area (Å²) in [5.41, 5.74) is 5.57. The van der Waals surface area contributed by atoms with Crippen LogP contribution in [0.2, 0.25) is 0 Å². The molecule has 1 spiro atoms. The number of ether oxygens (including phenoxy) is 1. The zero-order valence-corrected chi connectivity index (χ0v) is 30.7. The zero-order valence-electron chi connectivity index (χ0n) is 26.8. The molecule has 0 amide bonds. The molecule has 2 saturated heterocycles. The maximum atomic E-state index is 5.94. The molecule has 2 N–H and O–H groups in total. The minimum Gasteiger partial charge on any atom is -0.494 e. The number of hydrogen-bond donors (Lipinski definition) is 2. The minimum atomic E-state index is -0.403. The van der Waals surface area contributed by atoms with Crippen LogP contribution >= 0.6 is 43.2 Å². The van der Waals surface area contributed by atoms with Crippen molar-refractivity contribution >= 4 is 99.1 Å². The van der Waals surface area contributed by atoms with Crippen molar-refractivity contribution in [2.24, 2.45) is 5.41 Å². The van der Waals surface area contributed by atoms with E-state index in [2.05, 4.69) is 96.3 Å². The van der Waals surface area contributed by atoms with Crippen LogP contribution in [0.1, 0.15) is 18.4 Å². The Morgan fingerprint density at radius 2 is 1.74 bits per heavy atom. The van der Waals surface area contributed by atoms with Gasteiger partial charge in [-0.2, -0.15) is 9.97 Å². The van der Waals surface area contributed by atoms with Crippen molar-refractivity contribution in [1.29, 1.82) is 0 Å². The normalized spacial score (nSPS) is 16.4. The van der Waals surface area contributed by atoms with E-state index in [-0.39, 0.29) is 0 Å². The molecule has 12 heteroatoms. The molecule has 7 rings (SSSR count). The first-order valence-corrected chi connectivity index (χ1v) is 19.3. The van der Waals surface area contributed by atoms with Gasteiger partial charge in [-0.25, -0.2) is 2.51 Å². The minimum absolute atomic E-state index is 0.403. The van der Waals surface area contributed by atoms with E-state index in [9.17, 15) is 0 Å². The molecule has 0 unspecified atom stereocenters. The molecule has 0 bridgehead atoms. The quantitative estimate of drug-likeness (QED) is 0.0880. The molecule has 46 heavy (non-hydrogen) atoms. The van der Waals surface area contributed by atoms with Crippen LogP contribution in [0.15, 0.2) is 60.8 Å². The van der Waals surface area contributed by atoms with Gasteiger partial charge in [0, 0.05) is 55.1 Å². The van der Waals surface area contributed by atoms with Crippen LogP contribution in [0.5, 0.6) is 5.75 Å². The van der Waals surface area contributed by atoms with Gasteiger partial charge in [0.2, 0.25) is 5.95 Å². The van der Waals surface area contributed by atoms with Crippen LogP contribution in [0.25, 0.3) is 21.8 Å². The SMILES string of the molecule is COc1cc(N2CCC3(CC2)CN(C)C3)c(C)cc1Nc1nc(Nc2ccc3ccccc3c2P(C)C)c2ccn(SOI)c2n1. The lowest BCUT2D eigenvalue weighted by molar-refractivity contribution is 0.00130. The van der Waals surface area contributed by atoms with Crippen LogP contribution in [-0.2, 0) is 2.51 Å². The van der Waals surface area contributed by atoms with E-state index in [1.807, 2.05) is 39.2 Å². The van der Waals surface area contributed by atoms with E-state index < -0.39 is 7.92 Å². The lowest BCUT2D eigenvalue weighted by atomic mass is 9.72. The molecule has 0 radical (unpaired) electrons. The summed E-state index contributed by atoms with van der Waals surface area (Å²) in [6.45, 7) is 11.3. The van der Waals surface area contributed by atoms with Gasteiger partial charge in [-0.05, 0) is 80.1 Å². The average molecular weight is 768 g/mol. The topological polar surface area (TPSA) is 79.7 Å². The Morgan fingerprint density at radius 3 is 2.46 bits per heavy atom. The highest BCUT2D eigenvalue weighted by Gasteiger charge is 2.43. The van der Waals surface area contributed by atoms with Crippen LogP contribution in [0.4, 0.5) is 28.8 Å². The van der Waals surface area contributed by atoms with Gasteiger partial charge in [0.05, 0.1) is 18.2 Å². The van der Waals surface area contributed by atoms with Gasteiger partial charge in [-0.15, -0.1) is 0 Å². The second-order valence-corrected chi connectivity index (χ2v) is 16.7. The standard InChI is InChI=1S/C34H39IN7O2PS/c1-22-18-27(29(43-3)19-28(22)41-16-13-34(14-17-41)20-40(2)21-34)37-33-38-31(25-12-15-42(46-44-35)32(25)39-33)36-26-11-10-23-8-6-7-9-24(23)30(26)45(4)5/h6-12,15,18-19H,13-14,16-17,20-21H2,1-5H3,(H2,36,37,38,39). The number of methoxy groups -OCH3 is 1. The number of rotatable bonds is 9. The van der Waals surface area contributed by atoms with Crippen LogP contribution in [0.3, 0.4) is 0 Å².